The van der Waals surface area contributed by atoms with E-state index in [1.54, 1.807) is 0 Å². The topological polar surface area (TPSA) is 19.0 Å². The van der Waals surface area contributed by atoms with E-state index in [4.69, 9.17) is 0 Å². The van der Waals surface area contributed by atoms with E-state index in [1.807, 2.05) is 0 Å². The molecule has 1 heterocycles. The van der Waals surface area contributed by atoms with Crippen molar-refractivity contribution in [1.82, 2.24) is 4.98 Å². The van der Waals surface area contributed by atoms with Crippen molar-refractivity contribution in [2.45, 2.75) is 39.0 Å². The van der Waals surface area contributed by atoms with E-state index in [2.05, 4.69) is 195 Å². The summed E-state index contributed by atoms with van der Waals surface area (Å²) in [6.45, 7) is 6.80. The maximum atomic E-state index is 3.54. The normalized spacial score (nSPS) is 16.6. The van der Waals surface area contributed by atoms with Crippen LogP contribution >= 0.6 is 0 Å². The van der Waals surface area contributed by atoms with Gasteiger partial charge in [0.15, 0.2) is 0 Å². The molecule has 2 nitrogen and oxygen atoms in total. The maximum Gasteiger partial charge on any atom is 0.0468 e. The molecule has 0 bridgehead atoms. The summed E-state index contributed by atoms with van der Waals surface area (Å²) in [6.07, 6.45) is 30.9. The van der Waals surface area contributed by atoms with E-state index in [0.717, 1.165) is 29.9 Å². The van der Waals surface area contributed by atoms with Crippen LogP contribution in [0, 0.1) is 5.92 Å². The minimum atomic E-state index is -0.120. The second-order valence-corrected chi connectivity index (χ2v) is 13.7. The number of rotatable bonds is 7. The molecule has 1 N–H and O–H groups in total. The Morgan fingerprint density at radius 2 is 1.53 bits per heavy atom. The van der Waals surface area contributed by atoms with E-state index >= 15 is 0 Å². The molecule has 2 heteroatoms. The molecule has 0 aliphatic heterocycles. The monoisotopic (exact) mass is 634 g/mol. The summed E-state index contributed by atoms with van der Waals surface area (Å²) in [5.74, 6) is 0.219. The summed E-state index contributed by atoms with van der Waals surface area (Å²) >= 11 is 0. The minimum Gasteiger partial charge on any atom is -0.364 e. The van der Waals surface area contributed by atoms with Gasteiger partial charge in [-0.3, -0.25) is 0 Å². The van der Waals surface area contributed by atoms with Gasteiger partial charge in [-0.15, -0.1) is 0 Å². The highest BCUT2D eigenvalue weighted by atomic mass is 15.1. The van der Waals surface area contributed by atoms with Crippen molar-refractivity contribution < 1.29 is 0 Å². The fourth-order valence-corrected chi connectivity index (χ4v) is 7.66. The predicted molar refractivity (Wildman–Crippen MR) is 210 cm³/mol. The molecular weight excluding hydrogens is 593 g/mol. The number of H-pyrrole nitrogens is 1. The van der Waals surface area contributed by atoms with Crippen LogP contribution in [0.15, 0.2) is 170 Å². The van der Waals surface area contributed by atoms with Crippen LogP contribution in [0.4, 0.5) is 11.4 Å². The van der Waals surface area contributed by atoms with Gasteiger partial charge in [0.05, 0.1) is 0 Å². The number of nitrogens with zero attached hydrogens (tertiary/aromatic N) is 1. The van der Waals surface area contributed by atoms with Crippen molar-refractivity contribution in [1.29, 1.82) is 0 Å². The van der Waals surface area contributed by atoms with Crippen LogP contribution < -0.4 is 4.90 Å². The number of hydrogen-bond donors (Lipinski definition) is 1. The number of anilines is 2. The highest BCUT2D eigenvalue weighted by Crippen LogP contribution is 2.50. The van der Waals surface area contributed by atoms with Gasteiger partial charge < -0.3 is 9.88 Å². The molecule has 0 atom stereocenters. The van der Waals surface area contributed by atoms with Gasteiger partial charge in [0, 0.05) is 45.9 Å². The third kappa shape index (κ3) is 5.68. The fourth-order valence-electron chi connectivity index (χ4n) is 7.66. The Hall–Kier alpha value is -5.60. The van der Waals surface area contributed by atoms with Crippen LogP contribution in [0.3, 0.4) is 0 Å². The average Bonchev–Trinajstić information content (AvgIpc) is 3.60. The minimum absolute atomic E-state index is 0.120. The largest absolute Gasteiger partial charge is 0.364 e. The SMILES string of the molecule is C/C=C(\C=C/C1C=CC=CC=C1)N(c1ccc(C2=CCCC=C2)c(-c2ccc3ccccc3c2)c1)c1ccc2c(c1)C(C)(C)c1[nH]ccc1-2. The molecule has 0 saturated heterocycles. The van der Waals surface area contributed by atoms with Gasteiger partial charge in [-0.25, -0.2) is 0 Å². The van der Waals surface area contributed by atoms with Crippen molar-refractivity contribution in [2.75, 3.05) is 4.90 Å². The van der Waals surface area contributed by atoms with E-state index in [-0.39, 0.29) is 11.3 Å². The summed E-state index contributed by atoms with van der Waals surface area (Å²) in [5, 5.41) is 2.51. The summed E-state index contributed by atoms with van der Waals surface area (Å²) in [6, 6.07) is 31.8. The summed E-state index contributed by atoms with van der Waals surface area (Å²) in [7, 11) is 0. The van der Waals surface area contributed by atoms with Gasteiger partial charge in [-0.1, -0.05) is 129 Å². The molecule has 0 fully saturated rings. The number of fused-ring (bicyclic) bond motifs is 4. The van der Waals surface area contributed by atoms with Crippen LogP contribution in [-0.2, 0) is 5.41 Å². The van der Waals surface area contributed by atoms with E-state index < -0.39 is 0 Å². The van der Waals surface area contributed by atoms with Gasteiger partial charge in [0.25, 0.3) is 0 Å². The van der Waals surface area contributed by atoms with Crippen molar-refractivity contribution in [2.24, 2.45) is 5.92 Å². The molecule has 1 aromatic heterocycles. The number of allylic oxidation sites excluding steroid dienone is 13. The molecule has 5 aromatic rings. The van der Waals surface area contributed by atoms with Gasteiger partial charge in [0.1, 0.15) is 0 Å². The number of aromatic amines is 1. The molecule has 4 aromatic carbocycles. The average molecular weight is 635 g/mol. The second kappa shape index (κ2) is 12.8. The predicted octanol–water partition coefficient (Wildman–Crippen LogP) is 12.8. The quantitative estimate of drug-likeness (QED) is 0.177. The first-order valence-electron chi connectivity index (χ1n) is 17.5. The summed E-state index contributed by atoms with van der Waals surface area (Å²) in [5.41, 5.74) is 13.6. The van der Waals surface area contributed by atoms with Crippen LogP contribution in [0.2, 0.25) is 0 Å². The lowest BCUT2D eigenvalue weighted by molar-refractivity contribution is 0.640. The van der Waals surface area contributed by atoms with Gasteiger partial charge in [-0.05, 0) is 106 Å². The van der Waals surface area contributed by atoms with Crippen molar-refractivity contribution in [3.8, 4) is 22.3 Å². The zero-order valence-electron chi connectivity index (χ0n) is 28.5. The molecule has 49 heavy (non-hydrogen) atoms. The molecule has 0 spiro atoms. The van der Waals surface area contributed by atoms with Crippen LogP contribution in [0.25, 0.3) is 38.6 Å². The third-order valence-corrected chi connectivity index (χ3v) is 10.3. The number of nitrogens with one attached hydrogen (secondary N) is 1. The Labute approximate surface area is 290 Å². The van der Waals surface area contributed by atoms with Crippen LogP contribution in [0.1, 0.15) is 50.4 Å². The van der Waals surface area contributed by atoms with E-state index in [0.29, 0.717) is 0 Å². The molecule has 3 aliphatic carbocycles. The first kappa shape index (κ1) is 30.7. The molecule has 0 radical (unpaired) electrons. The lowest BCUT2D eigenvalue weighted by Crippen LogP contribution is -2.19. The van der Waals surface area contributed by atoms with Crippen LogP contribution in [0.5, 0.6) is 0 Å². The molecule has 0 saturated carbocycles. The Balaban J connectivity index is 1.31. The van der Waals surface area contributed by atoms with Gasteiger partial charge >= 0.3 is 0 Å². The molecule has 0 amide bonds. The smallest absolute Gasteiger partial charge is 0.0468 e. The summed E-state index contributed by atoms with van der Waals surface area (Å²) in [4.78, 5) is 5.97. The Morgan fingerprint density at radius 3 is 2.31 bits per heavy atom. The molecule has 8 rings (SSSR count). The van der Waals surface area contributed by atoms with Crippen LogP contribution in [-0.4, -0.2) is 4.98 Å². The number of hydrogen-bond acceptors (Lipinski definition) is 1. The Morgan fingerprint density at radius 1 is 0.755 bits per heavy atom. The maximum absolute atomic E-state index is 3.54. The van der Waals surface area contributed by atoms with E-state index in [9.17, 15) is 0 Å². The fraction of sp³-hybridized carbons (Fsp3) is 0.149. The highest BCUT2D eigenvalue weighted by Gasteiger charge is 2.37. The van der Waals surface area contributed by atoms with Gasteiger partial charge in [-0.2, -0.15) is 0 Å². The lowest BCUT2D eigenvalue weighted by atomic mass is 9.85. The third-order valence-electron chi connectivity index (χ3n) is 10.3. The summed E-state index contributed by atoms with van der Waals surface area (Å²) < 4.78 is 0. The number of benzene rings is 4. The van der Waals surface area contributed by atoms with Crippen molar-refractivity contribution >= 4 is 27.7 Å². The Kier molecular flexibility index (Phi) is 8.01. The van der Waals surface area contributed by atoms with Crippen molar-refractivity contribution in [3.05, 3.63) is 187 Å². The zero-order valence-corrected chi connectivity index (χ0v) is 28.5. The first-order valence-corrected chi connectivity index (χ1v) is 17.5. The highest BCUT2D eigenvalue weighted by molar-refractivity contribution is 5.93. The first-order chi connectivity index (χ1) is 24.0. The van der Waals surface area contributed by atoms with Gasteiger partial charge in [0.2, 0.25) is 0 Å². The molecule has 240 valence electrons. The lowest BCUT2D eigenvalue weighted by Gasteiger charge is -2.30. The Bertz CT molecular complexity index is 2260. The van der Waals surface area contributed by atoms with E-state index in [1.165, 1.54) is 55.4 Å². The zero-order chi connectivity index (χ0) is 33.4. The second-order valence-electron chi connectivity index (χ2n) is 13.7. The molecule has 0 unspecified atom stereocenters. The molecule has 3 aliphatic rings. The van der Waals surface area contributed by atoms with Crippen molar-refractivity contribution in [3.63, 3.8) is 0 Å². The molecular formula is C47H42N2. The number of aromatic nitrogens is 1. The standard InChI is InChI=1S/C47H42N2/c1-4-38(23-20-33-14-8-5-6-9-15-33)49(40-25-27-42-43-28-29-48-46(43)47(2,3)45(42)32-40)39-24-26-41(35-17-10-7-11-18-35)44(31-39)37-22-21-34-16-12-13-19-36(34)30-37/h4-6,8-10,12-33,48H,7,11H2,1-3H3/b23-20-,38-4+.